The number of alkyl halides is 3. The number of aromatic nitrogens is 1. The zero-order chi connectivity index (χ0) is 15.0. The van der Waals surface area contributed by atoms with Crippen LogP contribution in [0.3, 0.4) is 0 Å². The predicted molar refractivity (Wildman–Crippen MR) is 75.9 cm³/mol. The van der Waals surface area contributed by atoms with Crippen LogP contribution in [-0.4, -0.2) is 10.5 Å². The van der Waals surface area contributed by atoms with Crippen LogP contribution in [0.15, 0.2) is 29.6 Å². The molecule has 0 spiro atoms. The number of halogens is 3. The molecule has 0 fully saturated rings. The number of rotatable bonds is 2. The fraction of sp³-hybridized carbons (Fsp3) is 0.357. The third-order valence-electron chi connectivity index (χ3n) is 2.47. The SMILES string of the molecule is CC(C)(C)Nc1nc(-c2cccc(C(F)(F)F)c2)cs1. The molecule has 6 heteroatoms. The minimum absolute atomic E-state index is 0.136. The van der Waals surface area contributed by atoms with Crippen molar-refractivity contribution in [1.29, 1.82) is 0 Å². The Kier molecular flexibility index (Phi) is 3.77. The molecular formula is C14H15F3N2S. The van der Waals surface area contributed by atoms with Crippen LogP contribution in [0.1, 0.15) is 26.3 Å². The van der Waals surface area contributed by atoms with Gasteiger partial charge in [-0.2, -0.15) is 13.2 Å². The number of hydrogen-bond acceptors (Lipinski definition) is 3. The number of thiazole rings is 1. The summed E-state index contributed by atoms with van der Waals surface area (Å²) in [6.07, 6.45) is -4.33. The summed E-state index contributed by atoms with van der Waals surface area (Å²) in [4.78, 5) is 4.33. The smallest absolute Gasteiger partial charge is 0.357 e. The average Bonchev–Trinajstić information content (AvgIpc) is 2.74. The van der Waals surface area contributed by atoms with Crippen molar-refractivity contribution in [3.05, 3.63) is 35.2 Å². The first kappa shape index (κ1) is 14.8. The van der Waals surface area contributed by atoms with Crippen molar-refractivity contribution in [2.75, 3.05) is 5.32 Å². The minimum Gasteiger partial charge on any atom is -0.357 e. The highest BCUT2D eigenvalue weighted by molar-refractivity contribution is 7.14. The van der Waals surface area contributed by atoms with E-state index in [2.05, 4.69) is 10.3 Å². The second-order valence-electron chi connectivity index (χ2n) is 5.49. The predicted octanol–water partition coefficient (Wildman–Crippen LogP) is 5.04. The molecule has 1 aromatic carbocycles. The Hall–Kier alpha value is -1.56. The van der Waals surface area contributed by atoms with Gasteiger partial charge in [-0.3, -0.25) is 0 Å². The Balaban J connectivity index is 2.29. The molecule has 2 rings (SSSR count). The van der Waals surface area contributed by atoms with E-state index >= 15 is 0 Å². The van der Waals surface area contributed by atoms with Crippen molar-refractivity contribution in [3.63, 3.8) is 0 Å². The van der Waals surface area contributed by atoms with Gasteiger partial charge in [-0.1, -0.05) is 12.1 Å². The zero-order valence-corrected chi connectivity index (χ0v) is 12.2. The first-order chi connectivity index (χ1) is 9.15. The molecule has 0 aliphatic heterocycles. The lowest BCUT2D eigenvalue weighted by molar-refractivity contribution is -0.137. The maximum Gasteiger partial charge on any atom is 0.416 e. The molecule has 0 atom stereocenters. The van der Waals surface area contributed by atoms with Crippen molar-refractivity contribution >= 4 is 16.5 Å². The fourth-order valence-corrected chi connectivity index (χ4v) is 2.57. The van der Waals surface area contributed by atoms with E-state index in [0.29, 0.717) is 16.4 Å². The maximum atomic E-state index is 12.7. The molecule has 0 radical (unpaired) electrons. The normalized spacial score (nSPS) is 12.5. The maximum absolute atomic E-state index is 12.7. The Labute approximate surface area is 119 Å². The molecule has 0 saturated carbocycles. The summed E-state index contributed by atoms with van der Waals surface area (Å²) in [6.45, 7) is 6.00. The minimum atomic E-state index is -4.33. The van der Waals surface area contributed by atoms with E-state index in [1.165, 1.54) is 17.4 Å². The van der Waals surface area contributed by atoms with E-state index in [1.54, 1.807) is 11.4 Å². The number of benzene rings is 1. The van der Waals surface area contributed by atoms with E-state index in [-0.39, 0.29) is 5.54 Å². The molecule has 20 heavy (non-hydrogen) atoms. The number of hydrogen-bond donors (Lipinski definition) is 1. The van der Waals surface area contributed by atoms with E-state index in [4.69, 9.17) is 0 Å². The summed E-state index contributed by atoms with van der Waals surface area (Å²) in [5, 5.41) is 5.65. The highest BCUT2D eigenvalue weighted by Crippen LogP contribution is 2.33. The van der Waals surface area contributed by atoms with Gasteiger partial charge in [0.2, 0.25) is 0 Å². The monoisotopic (exact) mass is 300 g/mol. The first-order valence-electron chi connectivity index (χ1n) is 6.06. The summed E-state index contributed by atoms with van der Waals surface area (Å²) < 4.78 is 38.0. The quantitative estimate of drug-likeness (QED) is 0.840. The summed E-state index contributed by atoms with van der Waals surface area (Å²) in [7, 11) is 0. The Bertz CT molecular complexity index is 597. The highest BCUT2D eigenvalue weighted by atomic mass is 32.1. The van der Waals surface area contributed by atoms with Gasteiger partial charge in [0, 0.05) is 16.5 Å². The third-order valence-corrected chi connectivity index (χ3v) is 3.23. The van der Waals surface area contributed by atoms with Crippen LogP contribution in [0.25, 0.3) is 11.3 Å². The van der Waals surface area contributed by atoms with E-state index < -0.39 is 11.7 Å². The largest absolute Gasteiger partial charge is 0.416 e. The molecule has 1 heterocycles. The van der Waals surface area contributed by atoms with Crippen LogP contribution in [0, 0.1) is 0 Å². The summed E-state index contributed by atoms with van der Waals surface area (Å²) >= 11 is 1.38. The first-order valence-corrected chi connectivity index (χ1v) is 6.94. The molecule has 0 bridgehead atoms. The highest BCUT2D eigenvalue weighted by Gasteiger charge is 2.30. The zero-order valence-electron chi connectivity index (χ0n) is 11.4. The van der Waals surface area contributed by atoms with Gasteiger partial charge in [0.25, 0.3) is 0 Å². The van der Waals surface area contributed by atoms with Crippen LogP contribution in [0.2, 0.25) is 0 Å². The van der Waals surface area contributed by atoms with Crippen molar-refractivity contribution in [1.82, 2.24) is 4.98 Å². The second-order valence-corrected chi connectivity index (χ2v) is 6.35. The van der Waals surface area contributed by atoms with Crippen LogP contribution in [0.4, 0.5) is 18.3 Å². The molecule has 0 aliphatic rings. The lowest BCUT2D eigenvalue weighted by Gasteiger charge is -2.19. The van der Waals surface area contributed by atoms with Crippen LogP contribution >= 0.6 is 11.3 Å². The Morgan fingerprint density at radius 2 is 1.85 bits per heavy atom. The van der Waals surface area contributed by atoms with Crippen molar-refractivity contribution in [2.24, 2.45) is 0 Å². The Morgan fingerprint density at radius 3 is 2.45 bits per heavy atom. The molecule has 0 unspecified atom stereocenters. The molecule has 2 aromatic rings. The summed E-state index contributed by atoms with van der Waals surface area (Å²) in [5.41, 5.74) is 0.224. The van der Waals surface area contributed by atoms with Gasteiger partial charge in [0.1, 0.15) is 0 Å². The lowest BCUT2D eigenvalue weighted by Crippen LogP contribution is -2.25. The summed E-state index contributed by atoms with van der Waals surface area (Å²) in [6, 6.07) is 5.21. The van der Waals surface area contributed by atoms with Crippen LogP contribution in [-0.2, 0) is 6.18 Å². The van der Waals surface area contributed by atoms with Gasteiger partial charge < -0.3 is 5.32 Å². The standard InChI is InChI=1S/C14H15F3N2S/c1-13(2,3)19-12-18-11(8-20-12)9-5-4-6-10(7-9)14(15,16)17/h4-8H,1-3H3,(H,18,19). The van der Waals surface area contributed by atoms with Gasteiger partial charge in [-0.25, -0.2) is 4.98 Å². The van der Waals surface area contributed by atoms with Crippen LogP contribution in [0.5, 0.6) is 0 Å². The van der Waals surface area contributed by atoms with Gasteiger partial charge in [-0.15, -0.1) is 11.3 Å². The number of nitrogens with zero attached hydrogens (tertiary/aromatic N) is 1. The topological polar surface area (TPSA) is 24.9 Å². The van der Waals surface area contributed by atoms with Crippen molar-refractivity contribution < 1.29 is 13.2 Å². The van der Waals surface area contributed by atoms with Gasteiger partial charge in [0.15, 0.2) is 5.13 Å². The lowest BCUT2D eigenvalue weighted by atomic mass is 10.1. The third kappa shape index (κ3) is 3.72. The van der Waals surface area contributed by atoms with Crippen molar-refractivity contribution in [3.8, 4) is 11.3 Å². The summed E-state index contributed by atoms with van der Waals surface area (Å²) in [5.74, 6) is 0. The molecule has 0 amide bonds. The van der Waals surface area contributed by atoms with E-state index in [9.17, 15) is 13.2 Å². The Morgan fingerprint density at radius 1 is 1.15 bits per heavy atom. The fourth-order valence-electron chi connectivity index (χ4n) is 1.64. The molecule has 108 valence electrons. The average molecular weight is 300 g/mol. The van der Waals surface area contributed by atoms with Gasteiger partial charge in [0.05, 0.1) is 11.3 Å². The molecule has 1 aromatic heterocycles. The molecule has 1 N–H and O–H groups in total. The molecule has 2 nitrogen and oxygen atoms in total. The van der Waals surface area contributed by atoms with Crippen molar-refractivity contribution in [2.45, 2.75) is 32.5 Å². The molecule has 0 aliphatic carbocycles. The van der Waals surface area contributed by atoms with Gasteiger partial charge >= 0.3 is 6.18 Å². The number of nitrogens with one attached hydrogen (secondary N) is 1. The molecule has 0 saturated heterocycles. The second kappa shape index (κ2) is 5.09. The van der Waals surface area contributed by atoms with E-state index in [1.807, 2.05) is 20.8 Å². The molecular weight excluding hydrogens is 285 g/mol. The number of anilines is 1. The van der Waals surface area contributed by atoms with Gasteiger partial charge in [-0.05, 0) is 32.9 Å². The van der Waals surface area contributed by atoms with E-state index in [0.717, 1.165) is 12.1 Å². The van der Waals surface area contributed by atoms with Crippen LogP contribution < -0.4 is 5.32 Å².